The van der Waals surface area contributed by atoms with Crippen LogP contribution in [0.4, 0.5) is 0 Å². The van der Waals surface area contributed by atoms with Gasteiger partial charge in [-0.2, -0.15) is 0 Å². The van der Waals surface area contributed by atoms with E-state index < -0.39 is 0 Å². The Kier molecular flexibility index (Phi) is 7.20. The molecule has 0 fully saturated rings. The van der Waals surface area contributed by atoms with Crippen LogP contribution in [0.5, 0.6) is 0 Å². The van der Waals surface area contributed by atoms with Crippen LogP contribution in [0.3, 0.4) is 0 Å². The third-order valence-corrected chi connectivity index (χ3v) is 3.19. The lowest BCUT2D eigenvalue weighted by atomic mass is 9.76. The number of hydrogen-bond donors (Lipinski definition) is 1. The van der Waals surface area contributed by atoms with Gasteiger partial charge in [-0.15, -0.1) is 0 Å². The number of hydrogen-bond acceptors (Lipinski definition) is 2. The number of nitrogens with one attached hydrogen (secondary N) is 1. The molecule has 1 atom stereocenters. The van der Waals surface area contributed by atoms with E-state index in [1.165, 1.54) is 0 Å². The molecule has 2 nitrogen and oxygen atoms in total. The molecule has 0 aliphatic heterocycles. The van der Waals surface area contributed by atoms with E-state index in [0.29, 0.717) is 11.3 Å². The van der Waals surface area contributed by atoms with Crippen LogP contribution in [0.1, 0.15) is 41.0 Å². The summed E-state index contributed by atoms with van der Waals surface area (Å²) in [5, 5.41) is 3.44. The molecule has 0 aromatic carbocycles. The monoisotopic (exact) mass is 201 g/mol. The van der Waals surface area contributed by atoms with Crippen molar-refractivity contribution < 1.29 is 4.74 Å². The van der Waals surface area contributed by atoms with Gasteiger partial charge in [-0.25, -0.2) is 0 Å². The van der Waals surface area contributed by atoms with Crippen molar-refractivity contribution in [3.8, 4) is 0 Å². The molecule has 1 unspecified atom stereocenters. The smallest absolute Gasteiger partial charge is 0.0471 e. The van der Waals surface area contributed by atoms with Crippen molar-refractivity contribution >= 4 is 0 Å². The lowest BCUT2D eigenvalue weighted by Gasteiger charge is -2.34. The number of ether oxygens (including phenoxy) is 1. The first-order chi connectivity index (χ1) is 6.56. The van der Waals surface area contributed by atoms with Crippen molar-refractivity contribution in [2.75, 3.05) is 26.3 Å². The van der Waals surface area contributed by atoms with Crippen LogP contribution in [-0.4, -0.2) is 26.3 Å². The van der Waals surface area contributed by atoms with Gasteiger partial charge in [0.05, 0.1) is 0 Å². The maximum absolute atomic E-state index is 5.43. The van der Waals surface area contributed by atoms with Crippen molar-refractivity contribution in [3.63, 3.8) is 0 Å². The SMILES string of the molecule is CCNCC(C)(CCOCC)C(C)C. The maximum atomic E-state index is 5.43. The minimum atomic E-state index is 0.366. The third-order valence-electron chi connectivity index (χ3n) is 3.19. The molecular weight excluding hydrogens is 174 g/mol. The lowest BCUT2D eigenvalue weighted by Crippen LogP contribution is -2.37. The van der Waals surface area contributed by atoms with E-state index in [0.717, 1.165) is 32.7 Å². The summed E-state index contributed by atoms with van der Waals surface area (Å²) in [5.41, 5.74) is 0.366. The van der Waals surface area contributed by atoms with Gasteiger partial charge in [0.25, 0.3) is 0 Å². The molecule has 1 N–H and O–H groups in total. The highest BCUT2D eigenvalue weighted by Crippen LogP contribution is 2.30. The Morgan fingerprint density at radius 2 is 1.93 bits per heavy atom. The minimum Gasteiger partial charge on any atom is -0.382 e. The highest BCUT2D eigenvalue weighted by Gasteiger charge is 2.27. The van der Waals surface area contributed by atoms with Gasteiger partial charge in [0.15, 0.2) is 0 Å². The molecule has 0 radical (unpaired) electrons. The van der Waals surface area contributed by atoms with Crippen molar-refractivity contribution in [2.24, 2.45) is 11.3 Å². The molecule has 0 aliphatic carbocycles. The fourth-order valence-corrected chi connectivity index (χ4v) is 1.44. The van der Waals surface area contributed by atoms with E-state index in [1.807, 2.05) is 0 Å². The molecular formula is C12H27NO. The quantitative estimate of drug-likeness (QED) is 0.610. The Hall–Kier alpha value is -0.0800. The van der Waals surface area contributed by atoms with Crippen LogP contribution in [0.25, 0.3) is 0 Å². The summed E-state index contributed by atoms with van der Waals surface area (Å²) in [7, 11) is 0. The van der Waals surface area contributed by atoms with Gasteiger partial charge in [0.2, 0.25) is 0 Å². The highest BCUT2D eigenvalue weighted by molar-refractivity contribution is 4.79. The fraction of sp³-hybridized carbons (Fsp3) is 1.00. The van der Waals surface area contributed by atoms with Crippen LogP contribution in [0.15, 0.2) is 0 Å². The Bertz CT molecular complexity index is 136. The largest absolute Gasteiger partial charge is 0.382 e. The third kappa shape index (κ3) is 4.97. The molecule has 14 heavy (non-hydrogen) atoms. The van der Waals surface area contributed by atoms with Crippen LogP contribution >= 0.6 is 0 Å². The molecule has 0 bridgehead atoms. The van der Waals surface area contributed by atoms with E-state index in [9.17, 15) is 0 Å². The van der Waals surface area contributed by atoms with E-state index in [2.05, 4.69) is 39.9 Å². The van der Waals surface area contributed by atoms with Gasteiger partial charge in [-0.3, -0.25) is 0 Å². The zero-order valence-electron chi connectivity index (χ0n) is 10.5. The van der Waals surface area contributed by atoms with Crippen molar-refractivity contribution in [1.29, 1.82) is 0 Å². The van der Waals surface area contributed by atoms with Crippen LogP contribution in [0.2, 0.25) is 0 Å². The van der Waals surface area contributed by atoms with E-state index in [4.69, 9.17) is 4.74 Å². The number of rotatable bonds is 8. The first-order valence-electron chi connectivity index (χ1n) is 5.85. The van der Waals surface area contributed by atoms with Gasteiger partial charge in [-0.1, -0.05) is 27.7 Å². The lowest BCUT2D eigenvalue weighted by molar-refractivity contribution is 0.0866. The average Bonchev–Trinajstić information content (AvgIpc) is 2.15. The van der Waals surface area contributed by atoms with Gasteiger partial charge < -0.3 is 10.1 Å². The van der Waals surface area contributed by atoms with Crippen LogP contribution in [0, 0.1) is 11.3 Å². The Morgan fingerprint density at radius 3 is 2.36 bits per heavy atom. The first-order valence-corrected chi connectivity index (χ1v) is 5.85. The minimum absolute atomic E-state index is 0.366. The highest BCUT2D eigenvalue weighted by atomic mass is 16.5. The van der Waals surface area contributed by atoms with Gasteiger partial charge in [0, 0.05) is 19.8 Å². The molecule has 0 saturated carbocycles. The van der Waals surface area contributed by atoms with E-state index in [-0.39, 0.29) is 0 Å². The van der Waals surface area contributed by atoms with Gasteiger partial charge in [0.1, 0.15) is 0 Å². The van der Waals surface area contributed by atoms with Gasteiger partial charge >= 0.3 is 0 Å². The molecule has 0 heterocycles. The van der Waals surface area contributed by atoms with E-state index in [1.54, 1.807) is 0 Å². The topological polar surface area (TPSA) is 21.3 Å². The molecule has 0 aromatic rings. The second-order valence-electron chi connectivity index (χ2n) is 4.54. The summed E-state index contributed by atoms with van der Waals surface area (Å²) in [6, 6.07) is 0. The van der Waals surface area contributed by atoms with Gasteiger partial charge in [-0.05, 0) is 31.2 Å². The van der Waals surface area contributed by atoms with E-state index >= 15 is 0 Å². The second-order valence-corrected chi connectivity index (χ2v) is 4.54. The van der Waals surface area contributed by atoms with Crippen LogP contribution < -0.4 is 5.32 Å². The van der Waals surface area contributed by atoms with Crippen LogP contribution in [-0.2, 0) is 4.74 Å². The molecule has 0 spiro atoms. The van der Waals surface area contributed by atoms with Crippen molar-refractivity contribution in [2.45, 2.75) is 41.0 Å². The molecule has 86 valence electrons. The summed E-state index contributed by atoms with van der Waals surface area (Å²) in [5.74, 6) is 0.696. The zero-order valence-corrected chi connectivity index (χ0v) is 10.5. The zero-order chi connectivity index (χ0) is 11.0. The predicted molar refractivity (Wildman–Crippen MR) is 62.6 cm³/mol. The summed E-state index contributed by atoms with van der Waals surface area (Å²) in [6.45, 7) is 15.0. The summed E-state index contributed by atoms with van der Waals surface area (Å²) < 4.78 is 5.43. The van der Waals surface area contributed by atoms with Crippen molar-refractivity contribution in [1.82, 2.24) is 5.32 Å². The maximum Gasteiger partial charge on any atom is 0.0471 e. The Labute approximate surface area is 89.4 Å². The predicted octanol–water partition coefficient (Wildman–Crippen LogP) is 2.68. The average molecular weight is 201 g/mol. The molecule has 0 rings (SSSR count). The standard InChI is InChI=1S/C12H27NO/c1-6-13-10-12(5,11(3)4)8-9-14-7-2/h11,13H,6-10H2,1-5H3. The molecule has 0 saturated heterocycles. The first kappa shape index (κ1) is 13.9. The fourth-order valence-electron chi connectivity index (χ4n) is 1.44. The summed E-state index contributed by atoms with van der Waals surface area (Å²) in [4.78, 5) is 0. The molecule has 0 aliphatic rings. The Balaban J connectivity index is 3.96. The normalized spacial score (nSPS) is 15.9. The molecule has 0 amide bonds. The van der Waals surface area contributed by atoms with Crippen molar-refractivity contribution in [3.05, 3.63) is 0 Å². The summed E-state index contributed by atoms with van der Waals surface area (Å²) in [6.07, 6.45) is 1.14. The molecule has 2 heteroatoms. The Morgan fingerprint density at radius 1 is 1.29 bits per heavy atom. The summed E-state index contributed by atoms with van der Waals surface area (Å²) >= 11 is 0. The second kappa shape index (κ2) is 7.24. The molecule has 0 aromatic heterocycles.